The van der Waals surface area contributed by atoms with Crippen molar-refractivity contribution >= 4 is 21.6 Å². The Balaban J connectivity index is 2.30. The van der Waals surface area contributed by atoms with Crippen LogP contribution < -0.4 is 9.46 Å². The largest absolute Gasteiger partial charge is 0.495 e. The third-order valence-corrected chi connectivity index (χ3v) is 5.61. The van der Waals surface area contributed by atoms with E-state index in [1.807, 2.05) is 6.92 Å². The molecule has 0 amide bonds. The van der Waals surface area contributed by atoms with Gasteiger partial charge in [-0.1, -0.05) is 30.9 Å². The predicted molar refractivity (Wildman–Crippen MR) is 79.9 cm³/mol. The second-order valence-electron chi connectivity index (χ2n) is 5.21. The van der Waals surface area contributed by atoms with Crippen molar-refractivity contribution in [2.24, 2.45) is 0 Å². The molecule has 0 bridgehead atoms. The van der Waals surface area contributed by atoms with Crippen molar-refractivity contribution in [3.8, 4) is 5.75 Å². The van der Waals surface area contributed by atoms with Crippen LogP contribution in [-0.4, -0.2) is 21.6 Å². The first kappa shape index (κ1) is 15.6. The standard InChI is InChI=1S/C14H20ClNO3S/c1-10-8-13(19-2)14(9-12(10)15)20(17,18)16-11-6-4-3-5-7-11/h8-9,11,16H,3-7H2,1-2H3. The molecule has 0 heterocycles. The summed E-state index contributed by atoms with van der Waals surface area (Å²) < 4.78 is 32.9. The monoisotopic (exact) mass is 317 g/mol. The van der Waals surface area contributed by atoms with Crippen molar-refractivity contribution in [3.63, 3.8) is 0 Å². The molecule has 0 saturated heterocycles. The summed E-state index contributed by atoms with van der Waals surface area (Å²) in [5.74, 6) is 0.329. The van der Waals surface area contributed by atoms with Gasteiger partial charge in [0.1, 0.15) is 10.6 Å². The van der Waals surface area contributed by atoms with E-state index < -0.39 is 10.0 Å². The molecule has 1 aromatic rings. The fourth-order valence-corrected chi connectivity index (χ4v) is 4.22. The number of ether oxygens (including phenoxy) is 1. The molecule has 20 heavy (non-hydrogen) atoms. The summed E-state index contributed by atoms with van der Waals surface area (Å²) in [4.78, 5) is 0.112. The molecule has 0 atom stereocenters. The first-order valence-electron chi connectivity index (χ1n) is 6.80. The maximum Gasteiger partial charge on any atom is 0.244 e. The molecule has 0 aliphatic heterocycles. The van der Waals surface area contributed by atoms with Crippen LogP contribution in [0.5, 0.6) is 5.75 Å². The van der Waals surface area contributed by atoms with Crippen LogP contribution >= 0.6 is 11.6 Å². The molecule has 0 unspecified atom stereocenters. The van der Waals surface area contributed by atoms with E-state index in [0.29, 0.717) is 10.8 Å². The topological polar surface area (TPSA) is 55.4 Å². The van der Waals surface area contributed by atoms with Gasteiger partial charge in [0.15, 0.2) is 0 Å². The Kier molecular flexibility index (Phi) is 4.94. The van der Waals surface area contributed by atoms with E-state index in [1.165, 1.54) is 19.6 Å². The van der Waals surface area contributed by atoms with Crippen molar-refractivity contribution in [1.82, 2.24) is 4.72 Å². The van der Waals surface area contributed by atoms with Gasteiger partial charge in [-0.2, -0.15) is 0 Å². The van der Waals surface area contributed by atoms with Crippen LogP contribution in [0.3, 0.4) is 0 Å². The molecule has 1 aromatic carbocycles. The first-order chi connectivity index (χ1) is 9.44. The lowest BCUT2D eigenvalue weighted by atomic mass is 9.96. The summed E-state index contributed by atoms with van der Waals surface area (Å²) in [5.41, 5.74) is 0.792. The Morgan fingerprint density at radius 1 is 1.25 bits per heavy atom. The average molecular weight is 318 g/mol. The molecule has 0 radical (unpaired) electrons. The second kappa shape index (κ2) is 6.33. The van der Waals surface area contributed by atoms with Crippen molar-refractivity contribution in [2.45, 2.75) is 50.0 Å². The van der Waals surface area contributed by atoms with Gasteiger partial charge >= 0.3 is 0 Å². The highest BCUT2D eigenvalue weighted by Crippen LogP contribution is 2.31. The van der Waals surface area contributed by atoms with Gasteiger partial charge in [0.25, 0.3) is 0 Å². The Bertz CT molecular complexity index is 580. The van der Waals surface area contributed by atoms with Crippen molar-refractivity contribution in [3.05, 3.63) is 22.7 Å². The highest BCUT2D eigenvalue weighted by atomic mass is 35.5. The molecule has 1 saturated carbocycles. The zero-order valence-corrected chi connectivity index (χ0v) is 13.4. The van der Waals surface area contributed by atoms with Crippen molar-refractivity contribution in [1.29, 1.82) is 0 Å². The van der Waals surface area contributed by atoms with Crippen LogP contribution in [0.15, 0.2) is 17.0 Å². The maximum absolute atomic E-state index is 12.5. The lowest BCUT2D eigenvalue weighted by molar-refractivity contribution is 0.396. The summed E-state index contributed by atoms with van der Waals surface area (Å²) >= 11 is 6.04. The Labute approximate surface area is 125 Å². The molecular formula is C14H20ClNO3S. The number of hydrogen-bond donors (Lipinski definition) is 1. The number of sulfonamides is 1. The molecule has 2 rings (SSSR count). The number of halogens is 1. The van der Waals surface area contributed by atoms with E-state index in [1.54, 1.807) is 6.07 Å². The fourth-order valence-electron chi connectivity index (χ4n) is 2.51. The maximum atomic E-state index is 12.5. The van der Waals surface area contributed by atoms with Gasteiger partial charge in [-0.05, 0) is 37.5 Å². The average Bonchev–Trinajstić information content (AvgIpc) is 2.42. The van der Waals surface area contributed by atoms with Gasteiger partial charge in [-0.3, -0.25) is 0 Å². The van der Waals surface area contributed by atoms with Gasteiger partial charge < -0.3 is 4.74 Å². The first-order valence-corrected chi connectivity index (χ1v) is 8.66. The lowest BCUT2D eigenvalue weighted by Gasteiger charge is -2.23. The smallest absolute Gasteiger partial charge is 0.244 e. The van der Waals surface area contributed by atoms with E-state index in [4.69, 9.17) is 16.3 Å². The van der Waals surface area contributed by atoms with Gasteiger partial charge in [-0.15, -0.1) is 0 Å². The molecule has 0 spiro atoms. The molecule has 4 nitrogen and oxygen atoms in total. The van der Waals surface area contributed by atoms with Crippen LogP contribution in [-0.2, 0) is 10.0 Å². The van der Waals surface area contributed by atoms with E-state index in [-0.39, 0.29) is 10.9 Å². The number of aryl methyl sites for hydroxylation is 1. The van der Waals surface area contributed by atoms with Crippen LogP contribution in [0.1, 0.15) is 37.7 Å². The predicted octanol–water partition coefficient (Wildman–Crippen LogP) is 3.27. The van der Waals surface area contributed by atoms with Crippen LogP contribution in [0.25, 0.3) is 0 Å². The minimum Gasteiger partial charge on any atom is -0.495 e. The number of nitrogens with one attached hydrogen (secondary N) is 1. The van der Waals surface area contributed by atoms with E-state index in [0.717, 1.165) is 31.2 Å². The zero-order chi connectivity index (χ0) is 14.8. The van der Waals surface area contributed by atoms with Gasteiger partial charge in [0.2, 0.25) is 10.0 Å². The van der Waals surface area contributed by atoms with E-state index in [9.17, 15) is 8.42 Å². The molecule has 1 aliphatic rings. The highest BCUT2D eigenvalue weighted by Gasteiger charge is 2.25. The molecule has 6 heteroatoms. The minimum absolute atomic E-state index is 0.0125. The summed E-state index contributed by atoms with van der Waals surface area (Å²) in [6, 6.07) is 3.12. The molecular weight excluding hydrogens is 298 g/mol. The summed E-state index contributed by atoms with van der Waals surface area (Å²) in [6.07, 6.45) is 5.10. The van der Waals surface area contributed by atoms with Crippen LogP contribution in [0, 0.1) is 6.92 Å². The Hall–Kier alpha value is -0.780. The van der Waals surface area contributed by atoms with Crippen molar-refractivity contribution in [2.75, 3.05) is 7.11 Å². The molecule has 0 aromatic heterocycles. The third-order valence-electron chi connectivity index (χ3n) is 3.66. The van der Waals surface area contributed by atoms with E-state index >= 15 is 0 Å². The molecule has 112 valence electrons. The van der Waals surface area contributed by atoms with Gasteiger partial charge in [0, 0.05) is 11.1 Å². The normalized spacial score (nSPS) is 17.1. The van der Waals surface area contributed by atoms with Crippen LogP contribution in [0.2, 0.25) is 5.02 Å². The van der Waals surface area contributed by atoms with Gasteiger partial charge in [0.05, 0.1) is 7.11 Å². The molecule has 1 N–H and O–H groups in total. The lowest BCUT2D eigenvalue weighted by Crippen LogP contribution is -2.36. The zero-order valence-electron chi connectivity index (χ0n) is 11.8. The van der Waals surface area contributed by atoms with Crippen molar-refractivity contribution < 1.29 is 13.2 Å². The second-order valence-corrected chi connectivity index (χ2v) is 7.30. The Morgan fingerprint density at radius 2 is 1.90 bits per heavy atom. The molecule has 1 fully saturated rings. The SMILES string of the molecule is COc1cc(C)c(Cl)cc1S(=O)(=O)NC1CCCCC1. The highest BCUT2D eigenvalue weighted by molar-refractivity contribution is 7.89. The molecule has 1 aliphatic carbocycles. The third kappa shape index (κ3) is 3.45. The fraction of sp³-hybridized carbons (Fsp3) is 0.571. The van der Waals surface area contributed by atoms with Crippen LogP contribution in [0.4, 0.5) is 0 Å². The summed E-state index contributed by atoms with van der Waals surface area (Å²) in [6.45, 7) is 1.82. The quantitative estimate of drug-likeness (QED) is 0.927. The number of methoxy groups -OCH3 is 1. The summed E-state index contributed by atoms with van der Waals surface area (Å²) in [7, 11) is -2.14. The van der Waals surface area contributed by atoms with E-state index in [2.05, 4.69) is 4.72 Å². The summed E-state index contributed by atoms with van der Waals surface area (Å²) in [5, 5.41) is 0.426. The number of rotatable bonds is 4. The number of hydrogen-bond acceptors (Lipinski definition) is 3. The van der Waals surface area contributed by atoms with Gasteiger partial charge in [-0.25, -0.2) is 13.1 Å². The Morgan fingerprint density at radius 3 is 2.50 bits per heavy atom. The minimum atomic E-state index is -3.60. The number of benzene rings is 1.